The Balaban J connectivity index is 2.13. The van der Waals surface area contributed by atoms with E-state index in [4.69, 9.17) is 4.74 Å². The van der Waals surface area contributed by atoms with Crippen LogP contribution in [0, 0.1) is 0 Å². The largest absolute Gasteiger partial charge is 0.493 e. The number of hydrogen-bond acceptors (Lipinski definition) is 4. The van der Waals surface area contributed by atoms with Crippen molar-refractivity contribution in [3.8, 4) is 17.1 Å². The number of H-pyrrole nitrogens is 1. The molecule has 0 amide bonds. The average molecular weight is 240 g/mol. The number of benzene rings is 1. The molecular weight excluding hydrogens is 228 g/mol. The van der Waals surface area contributed by atoms with Crippen LogP contribution in [0.3, 0.4) is 0 Å². The van der Waals surface area contributed by atoms with E-state index in [1.54, 1.807) is 12.4 Å². The average Bonchev–Trinajstić information content (AvgIpc) is 2.83. The van der Waals surface area contributed by atoms with Crippen LogP contribution in [0.2, 0.25) is 0 Å². The van der Waals surface area contributed by atoms with E-state index in [-0.39, 0.29) is 0 Å². The highest BCUT2D eigenvalue weighted by molar-refractivity contribution is 5.79. The molecule has 2 heterocycles. The van der Waals surface area contributed by atoms with Gasteiger partial charge in [-0.1, -0.05) is 12.1 Å². The van der Waals surface area contributed by atoms with Crippen LogP contribution < -0.4 is 4.74 Å². The third-order valence-corrected chi connectivity index (χ3v) is 2.64. The van der Waals surface area contributed by atoms with Gasteiger partial charge < -0.3 is 9.72 Å². The zero-order valence-electron chi connectivity index (χ0n) is 9.92. The Kier molecular flexibility index (Phi) is 2.64. The van der Waals surface area contributed by atoms with Gasteiger partial charge in [-0.15, -0.1) is 0 Å². The van der Waals surface area contributed by atoms with Crippen molar-refractivity contribution in [2.45, 2.75) is 6.92 Å². The minimum atomic E-state index is 0.625. The molecule has 0 unspecified atom stereocenters. The Morgan fingerprint density at radius 3 is 2.83 bits per heavy atom. The molecule has 0 saturated heterocycles. The van der Waals surface area contributed by atoms with Crippen LogP contribution in [0.15, 0.2) is 36.7 Å². The van der Waals surface area contributed by atoms with Gasteiger partial charge in [0.15, 0.2) is 0 Å². The Bertz CT molecular complexity index is 644. The molecule has 0 saturated carbocycles. The SMILES string of the molecule is CCOc1ccccc1-c1nc2cnncc2[nH]1. The molecule has 0 atom stereocenters. The second-order valence-corrected chi connectivity index (χ2v) is 3.80. The Morgan fingerprint density at radius 2 is 2.00 bits per heavy atom. The Labute approximate surface area is 104 Å². The van der Waals surface area contributed by atoms with Crippen molar-refractivity contribution in [1.82, 2.24) is 20.2 Å². The molecule has 0 fully saturated rings. The first-order valence-corrected chi connectivity index (χ1v) is 5.77. The summed E-state index contributed by atoms with van der Waals surface area (Å²) in [7, 11) is 0. The number of fused-ring (bicyclic) bond motifs is 1. The van der Waals surface area contributed by atoms with Crippen LogP contribution in [-0.2, 0) is 0 Å². The van der Waals surface area contributed by atoms with Gasteiger partial charge in [0.25, 0.3) is 0 Å². The van der Waals surface area contributed by atoms with E-state index in [2.05, 4.69) is 20.2 Å². The fourth-order valence-electron chi connectivity index (χ4n) is 1.85. The summed E-state index contributed by atoms with van der Waals surface area (Å²) in [5.74, 6) is 1.59. The Hall–Kier alpha value is -2.43. The second kappa shape index (κ2) is 4.44. The van der Waals surface area contributed by atoms with Gasteiger partial charge in [-0.25, -0.2) is 4.98 Å². The molecule has 1 N–H and O–H groups in total. The van der Waals surface area contributed by atoms with Gasteiger partial charge in [-0.3, -0.25) is 0 Å². The standard InChI is InChI=1S/C13H12N4O/c1-2-18-12-6-4-3-5-9(12)13-16-10-7-14-15-8-11(10)17-13/h3-8H,2H2,1H3,(H,16,17). The van der Waals surface area contributed by atoms with Crippen molar-refractivity contribution in [2.75, 3.05) is 6.61 Å². The van der Waals surface area contributed by atoms with Crippen LogP contribution in [0.1, 0.15) is 6.92 Å². The topological polar surface area (TPSA) is 63.7 Å². The molecule has 3 rings (SSSR count). The zero-order chi connectivity index (χ0) is 12.4. The van der Waals surface area contributed by atoms with Gasteiger partial charge in [-0.2, -0.15) is 10.2 Å². The van der Waals surface area contributed by atoms with Gasteiger partial charge in [-0.05, 0) is 19.1 Å². The van der Waals surface area contributed by atoms with Gasteiger partial charge in [0.2, 0.25) is 0 Å². The van der Waals surface area contributed by atoms with Crippen LogP contribution in [-0.4, -0.2) is 26.8 Å². The van der Waals surface area contributed by atoms with Gasteiger partial charge >= 0.3 is 0 Å². The maximum Gasteiger partial charge on any atom is 0.142 e. The lowest BCUT2D eigenvalue weighted by Crippen LogP contribution is -1.94. The summed E-state index contributed by atoms with van der Waals surface area (Å²) in [5.41, 5.74) is 2.60. The molecule has 5 heteroatoms. The first-order chi connectivity index (χ1) is 8.88. The molecule has 0 spiro atoms. The molecule has 90 valence electrons. The number of rotatable bonds is 3. The van der Waals surface area contributed by atoms with Crippen molar-refractivity contribution in [3.05, 3.63) is 36.7 Å². The fourth-order valence-corrected chi connectivity index (χ4v) is 1.85. The summed E-state index contributed by atoms with van der Waals surface area (Å²) >= 11 is 0. The zero-order valence-corrected chi connectivity index (χ0v) is 9.92. The third kappa shape index (κ3) is 1.79. The number of nitrogens with one attached hydrogen (secondary N) is 1. The number of hydrogen-bond donors (Lipinski definition) is 1. The molecule has 18 heavy (non-hydrogen) atoms. The lowest BCUT2D eigenvalue weighted by Gasteiger charge is -2.07. The van der Waals surface area contributed by atoms with Crippen LogP contribution in [0.4, 0.5) is 0 Å². The minimum Gasteiger partial charge on any atom is -0.493 e. The van der Waals surface area contributed by atoms with Crippen LogP contribution in [0.25, 0.3) is 22.4 Å². The quantitative estimate of drug-likeness (QED) is 0.763. The minimum absolute atomic E-state index is 0.625. The van der Waals surface area contributed by atoms with E-state index in [1.165, 1.54) is 0 Å². The van der Waals surface area contributed by atoms with Crippen LogP contribution >= 0.6 is 0 Å². The van der Waals surface area contributed by atoms with Crippen LogP contribution in [0.5, 0.6) is 5.75 Å². The summed E-state index contributed by atoms with van der Waals surface area (Å²) in [6, 6.07) is 7.81. The van der Waals surface area contributed by atoms with E-state index in [9.17, 15) is 0 Å². The smallest absolute Gasteiger partial charge is 0.142 e. The number of aromatic nitrogens is 4. The molecule has 5 nitrogen and oxygen atoms in total. The predicted octanol–water partition coefficient (Wildman–Crippen LogP) is 2.42. The van der Waals surface area contributed by atoms with E-state index in [1.807, 2.05) is 31.2 Å². The lowest BCUT2D eigenvalue weighted by molar-refractivity contribution is 0.341. The number of imidazole rings is 1. The summed E-state index contributed by atoms with van der Waals surface area (Å²) in [6.07, 6.45) is 3.30. The normalized spacial score (nSPS) is 10.7. The van der Waals surface area contributed by atoms with Gasteiger partial charge in [0.05, 0.1) is 30.1 Å². The summed E-state index contributed by atoms with van der Waals surface area (Å²) in [4.78, 5) is 7.70. The van der Waals surface area contributed by atoms with Crippen molar-refractivity contribution >= 4 is 11.0 Å². The van der Waals surface area contributed by atoms with E-state index >= 15 is 0 Å². The Morgan fingerprint density at radius 1 is 1.17 bits per heavy atom. The molecule has 3 aromatic rings. The molecule has 0 aliphatic carbocycles. The number of para-hydroxylation sites is 1. The number of ether oxygens (including phenoxy) is 1. The predicted molar refractivity (Wildman–Crippen MR) is 68.3 cm³/mol. The molecule has 0 aliphatic rings. The first kappa shape index (κ1) is 10.7. The highest BCUT2D eigenvalue weighted by Gasteiger charge is 2.10. The van der Waals surface area contributed by atoms with E-state index in [0.717, 1.165) is 28.2 Å². The first-order valence-electron chi connectivity index (χ1n) is 5.77. The maximum atomic E-state index is 5.60. The highest BCUT2D eigenvalue weighted by atomic mass is 16.5. The molecular formula is C13H12N4O. The molecule has 0 bridgehead atoms. The summed E-state index contributed by atoms with van der Waals surface area (Å²) in [6.45, 7) is 2.59. The van der Waals surface area contributed by atoms with Crippen molar-refractivity contribution in [3.63, 3.8) is 0 Å². The van der Waals surface area contributed by atoms with Crippen molar-refractivity contribution in [1.29, 1.82) is 0 Å². The molecule has 1 aromatic carbocycles. The molecule has 0 radical (unpaired) electrons. The number of nitrogens with zero attached hydrogens (tertiary/aromatic N) is 3. The monoisotopic (exact) mass is 240 g/mol. The molecule has 0 aliphatic heterocycles. The van der Waals surface area contributed by atoms with E-state index in [0.29, 0.717) is 6.61 Å². The maximum absolute atomic E-state index is 5.60. The fraction of sp³-hybridized carbons (Fsp3) is 0.154. The van der Waals surface area contributed by atoms with Gasteiger partial charge in [0.1, 0.15) is 17.1 Å². The van der Waals surface area contributed by atoms with E-state index < -0.39 is 0 Å². The lowest BCUT2D eigenvalue weighted by atomic mass is 10.2. The third-order valence-electron chi connectivity index (χ3n) is 2.64. The van der Waals surface area contributed by atoms with Crippen molar-refractivity contribution < 1.29 is 4.74 Å². The highest BCUT2D eigenvalue weighted by Crippen LogP contribution is 2.28. The van der Waals surface area contributed by atoms with Gasteiger partial charge in [0, 0.05) is 0 Å². The summed E-state index contributed by atoms with van der Waals surface area (Å²) < 4.78 is 5.60. The molecule has 2 aromatic heterocycles. The van der Waals surface area contributed by atoms with Crippen molar-refractivity contribution in [2.24, 2.45) is 0 Å². The number of aromatic amines is 1. The summed E-state index contributed by atoms with van der Waals surface area (Å²) in [5, 5.41) is 7.64. The second-order valence-electron chi connectivity index (χ2n) is 3.80.